The van der Waals surface area contributed by atoms with Gasteiger partial charge in [0.15, 0.2) is 6.61 Å². The number of carbonyl (C=O) groups excluding carboxylic acids is 2. The van der Waals surface area contributed by atoms with E-state index in [0.29, 0.717) is 11.4 Å². The van der Waals surface area contributed by atoms with Crippen molar-refractivity contribution in [2.75, 3.05) is 18.1 Å². The van der Waals surface area contributed by atoms with Crippen LogP contribution in [0.15, 0.2) is 22.7 Å². The number of nitrogens with zero attached hydrogens (tertiary/aromatic N) is 1. The van der Waals surface area contributed by atoms with Gasteiger partial charge in [0.2, 0.25) is 5.91 Å². The third kappa shape index (κ3) is 3.52. The average Bonchev–Trinajstić information content (AvgIpc) is 2.41. The summed E-state index contributed by atoms with van der Waals surface area (Å²) in [5.41, 5.74) is 0.479. The molecule has 1 aromatic rings. The predicted octanol–water partition coefficient (Wildman–Crippen LogP) is 0.764. The molecule has 1 unspecified atom stereocenters. The minimum atomic E-state index is -1.14. The number of hydrogen-bond donors (Lipinski definition) is 2. The number of rotatable bonds is 4. The van der Waals surface area contributed by atoms with E-state index < -0.39 is 17.9 Å². The van der Waals surface area contributed by atoms with Crippen LogP contribution in [-0.2, 0) is 14.4 Å². The van der Waals surface area contributed by atoms with Crippen molar-refractivity contribution in [1.82, 2.24) is 5.32 Å². The minimum absolute atomic E-state index is 0.161. The minimum Gasteiger partial charge on any atom is -0.482 e. The maximum absolute atomic E-state index is 11.9. The summed E-state index contributed by atoms with van der Waals surface area (Å²) in [6.07, 6.45) is 0. The fourth-order valence-corrected chi connectivity index (χ4v) is 2.18. The average molecular weight is 357 g/mol. The van der Waals surface area contributed by atoms with E-state index in [0.717, 1.165) is 4.47 Å². The summed E-state index contributed by atoms with van der Waals surface area (Å²) in [6, 6.07) is 4.07. The summed E-state index contributed by atoms with van der Waals surface area (Å²) in [7, 11) is 0. The lowest BCUT2D eigenvalue weighted by Gasteiger charge is -2.29. The first-order chi connectivity index (χ1) is 9.88. The number of benzene rings is 1. The summed E-state index contributed by atoms with van der Waals surface area (Å²) in [6.45, 7) is 0.937. The number of anilines is 1. The summed E-state index contributed by atoms with van der Waals surface area (Å²) in [5.74, 6) is -1.55. The van der Waals surface area contributed by atoms with Crippen LogP contribution in [0.3, 0.4) is 0 Å². The Labute approximate surface area is 129 Å². The van der Waals surface area contributed by atoms with E-state index in [4.69, 9.17) is 9.84 Å². The summed E-state index contributed by atoms with van der Waals surface area (Å²) >= 11 is 3.30. The summed E-state index contributed by atoms with van der Waals surface area (Å²) in [5, 5.41) is 11.1. The van der Waals surface area contributed by atoms with Gasteiger partial charge in [-0.05, 0) is 25.1 Å². The molecule has 1 aliphatic heterocycles. The standard InChI is InChI=1S/C13H13BrN2O5/c1-7(13(19)20)15-11(17)5-16-9-3-2-8(14)4-10(9)21-6-12(16)18/h2-4,7H,5-6H2,1H3,(H,15,17)(H,19,20). The lowest BCUT2D eigenvalue weighted by Crippen LogP contribution is -2.48. The normalized spacial score (nSPS) is 15.0. The molecule has 0 saturated carbocycles. The van der Waals surface area contributed by atoms with Crippen molar-refractivity contribution in [2.45, 2.75) is 13.0 Å². The van der Waals surface area contributed by atoms with Crippen molar-refractivity contribution in [3.8, 4) is 5.75 Å². The van der Waals surface area contributed by atoms with Crippen LogP contribution in [0.2, 0.25) is 0 Å². The molecule has 2 rings (SSSR count). The van der Waals surface area contributed by atoms with Gasteiger partial charge in [0.1, 0.15) is 18.3 Å². The highest BCUT2D eigenvalue weighted by atomic mass is 79.9. The van der Waals surface area contributed by atoms with Gasteiger partial charge in [0.25, 0.3) is 5.91 Å². The molecule has 0 saturated heterocycles. The second-order valence-electron chi connectivity index (χ2n) is 4.51. The molecule has 0 bridgehead atoms. The van der Waals surface area contributed by atoms with Crippen LogP contribution in [0.25, 0.3) is 0 Å². The molecule has 0 spiro atoms. The molecule has 8 heteroatoms. The number of amides is 2. The number of nitrogens with one attached hydrogen (secondary N) is 1. The second kappa shape index (κ2) is 6.13. The van der Waals surface area contributed by atoms with Crippen molar-refractivity contribution in [3.63, 3.8) is 0 Å². The van der Waals surface area contributed by atoms with Crippen LogP contribution < -0.4 is 15.0 Å². The zero-order valence-electron chi connectivity index (χ0n) is 11.1. The lowest BCUT2D eigenvalue weighted by atomic mass is 10.2. The molecular formula is C13H13BrN2O5. The number of ether oxygens (including phenoxy) is 1. The van der Waals surface area contributed by atoms with Crippen LogP contribution >= 0.6 is 15.9 Å². The third-order valence-electron chi connectivity index (χ3n) is 2.91. The second-order valence-corrected chi connectivity index (χ2v) is 5.42. The van der Waals surface area contributed by atoms with Crippen LogP contribution in [0.1, 0.15) is 6.92 Å². The molecule has 7 nitrogen and oxygen atoms in total. The van der Waals surface area contributed by atoms with E-state index >= 15 is 0 Å². The Balaban J connectivity index is 2.15. The molecule has 2 N–H and O–H groups in total. The van der Waals surface area contributed by atoms with Crippen molar-refractivity contribution < 1.29 is 24.2 Å². The van der Waals surface area contributed by atoms with Crippen molar-refractivity contribution in [1.29, 1.82) is 0 Å². The molecule has 0 fully saturated rings. The lowest BCUT2D eigenvalue weighted by molar-refractivity contribution is -0.141. The Morgan fingerprint density at radius 1 is 1.52 bits per heavy atom. The number of hydrogen-bond acceptors (Lipinski definition) is 4. The van der Waals surface area contributed by atoms with Gasteiger partial charge in [-0.25, -0.2) is 0 Å². The smallest absolute Gasteiger partial charge is 0.325 e. The summed E-state index contributed by atoms with van der Waals surface area (Å²) < 4.78 is 6.09. The Morgan fingerprint density at radius 3 is 2.90 bits per heavy atom. The number of aliphatic carboxylic acids is 1. The maximum Gasteiger partial charge on any atom is 0.325 e. The topological polar surface area (TPSA) is 95.9 Å². The van der Waals surface area contributed by atoms with Crippen LogP contribution in [-0.4, -0.2) is 42.1 Å². The van der Waals surface area contributed by atoms with Gasteiger partial charge in [-0.15, -0.1) is 0 Å². The fraction of sp³-hybridized carbons (Fsp3) is 0.308. The predicted molar refractivity (Wildman–Crippen MR) is 77.2 cm³/mol. The Morgan fingerprint density at radius 2 is 2.24 bits per heavy atom. The van der Waals surface area contributed by atoms with E-state index in [1.807, 2.05) is 0 Å². The molecule has 1 aromatic carbocycles. The highest BCUT2D eigenvalue weighted by molar-refractivity contribution is 9.10. The highest BCUT2D eigenvalue weighted by Gasteiger charge is 2.28. The molecule has 2 amide bonds. The molecule has 21 heavy (non-hydrogen) atoms. The number of carboxylic acids is 1. The first kappa shape index (κ1) is 15.3. The summed E-state index contributed by atoms with van der Waals surface area (Å²) in [4.78, 5) is 35.7. The molecule has 1 heterocycles. The third-order valence-corrected chi connectivity index (χ3v) is 3.41. The van der Waals surface area contributed by atoms with E-state index in [2.05, 4.69) is 21.2 Å². The van der Waals surface area contributed by atoms with Gasteiger partial charge in [-0.2, -0.15) is 0 Å². The van der Waals surface area contributed by atoms with Crippen LogP contribution in [0.4, 0.5) is 5.69 Å². The molecular weight excluding hydrogens is 344 g/mol. The molecule has 0 aliphatic carbocycles. The molecule has 1 aliphatic rings. The molecule has 0 radical (unpaired) electrons. The number of fused-ring (bicyclic) bond motifs is 1. The monoisotopic (exact) mass is 356 g/mol. The Kier molecular flexibility index (Phi) is 4.46. The van der Waals surface area contributed by atoms with Gasteiger partial charge in [-0.3, -0.25) is 19.3 Å². The first-order valence-corrected chi connectivity index (χ1v) is 6.92. The van der Waals surface area contributed by atoms with Crippen molar-refractivity contribution >= 4 is 39.4 Å². The fourth-order valence-electron chi connectivity index (χ4n) is 1.84. The Hall–Kier alpha value is -2.09. The number of halogens is 1. The highest BCUT2D eigenvalue weighted by Crippen LogP contribution is 2.34. The largest absolute Gasteiger partial charge is 0.482 e. The zero-order chi connectivity index (χ0) is 15.6. The van der Waals surface area contributed by atoms with Crippen molar-refractivity contribution in [2.24, 2.45) is 0 Å². The van der Waals surface area contributed by atoms with Gasteiger partial charge in [0, 0.05) is 4.47 Å². The van der Waals surface area contributed by atoms with Crippen LogP contribution in [0.5, 0.6) is 5.75 Å². The molecule has 0 aromatic heterocycles. The van der Waals surface area contributed by atoms with Gasteiger partial charge in [-0.1, -0.05) is 15.9 Å². The van der Waals surface area contributed by atoms with Gasteiger partial charge < -0.3 is 15.2 Å². The number of carboxylic acid groups (broad SMARTS) is 1. The van der Waals surface area contributed by atoms with E-state index in [1.54, 1.807) is 18.2 Å². The van der Waals surface area contributed by atoms with Gasteiger partial charge >= 0.3 is 5.97 Å². The van der Waals surface area contributed by atoms with Gasteiger partial charge in [0.05, 0.1) is 5.69 Å². The van der Waals surface area contributed by atoms with E-state index in [9.17, 15) is 14.4 Å². The quantitative estimate of drug-likeness (QED) is 0.830. The zero-order valence-corrected chi connectivity index (χ0v) is 12.7. The molecule has 112 valence electrons. The molecule has 1 atom stereocenters. The SMILES string of the molecule is CC(NC(=O)CN1C(=O)COc2cc(Br)ccc21)C(=O)O. The van der Waals surface area contributed by atoms with E-state index in [-0.39, 0.29) is 19.1 Å². The maximum atomic E-state index is 11.9. The van der Waals surface area contributed by atoms with Crippen molar-refractivity contribution in [3.05, 3.63) is 22.7 Å². The number of carbonyl (C=O) groups is 3. The first-order valence-electron chi connectivity index (χ1n) is 6.13. The van der Waals surface area contributed by atoms with Crippen LogP contribution in [0, 0.1) is 0 Å². The van der Waals surface area contributed by atoms with E-state index in [1.165, 1.54) is 11.8 Å². The Bertz CT molecular complexity index is 604.